The van der Waals surface area contributed by atoms with E-state index in [2.05, 4.69) is 22.6 Å². The summed E-state index contributed by atoms with van der Waals surface area (Å²) < 4.78 is 56.3. The summed E-state index contributed by atoms with van der Waals surface area (Å²) in [6, 6.07) is 10.5. The maximum absolute atomic E-state index is 14.8. The second-order valence-electron chi connectivity index (χ2n) is 7.11. The minimum Gasteiger partial charge on any atom is -0.206 e. The Labute approximate surface area is 168 Å². The minimum absolute atomic E-state index is 0.0229. The number of hydrogen-bond acceptors (Lipinski definition) is 0. The van der Waals surface area contributed by atoms with Gasteiger partial charge in [0.05, 0.1) is 0 Å². The third kappa shape index (κ3) is 3.58. The molecule has 0 aromatic heterocycles. The molecule has 0 atom stereocenters. The molecule has 3 aromatic rings. The van der Waals surface area contributed by atoms with Crippen LogP contribution < -0.4 is 0 Å². The Balaban J connectivity index is 1.70. The fourth-order valence-electron chi connectivity index (χ4n) is 3.88. The molecule has 1 fully saturated rings. The summed E-state index contributed by atoms with van der Waals surface area (Å²) in [5.74, 6) is -3.95. The fourth-order valence-corrected chi connectivity index (χ4v) is 4.60. The predicted octanol–water partition coefficient (Wildman–Crippen LogP) is 7.52. The zero-order valence-electron chi connectivity index (χ0n) is 14.4. The molecule has 1 aliphatic carbocycles. The van der Waals surface area contributed by atoms with Crippen molar-refractivity contribution in [3.63, 3.8) is 0 Å². The lowest BCUT2D eigenvalue weighted by atomic mass is 9.83. The van der Waals surface area contributed by atoms with E-state index in [-0.39, 0.29) is 16.6 Å². The van der Waals surface area contributed by atoms with Gasteiger partial charge in [-0.1, -0.05) is 46.9 Å². The Kier molecular flexibility index (Phi) is 5.14. The number of hydrogen-bond donors (Lipinski definition) is 0. The Hall–Kier alpha value is -1.63. The Morgan fingerprint density at radius 2 is 1.48 bits per heavy atom. The van der Waals surface area contributed by atoms with Gasteiger partial charge in [-0.25, -0.2) is 17.6 Å². The maximum atomic E-state index is 14.8. The van der Waals surface area contributed by atoms with Crippen LogP contribution in [0.5, 0.6) is 0 Å². The van der Waals surface area contributed by atoms with Crippen molar-refractivity contribution in [3.8, 4) is 11.1 Å². The number of alkyl halides is 1. The predicted molar refractivity (Wildman–Crippen MR) is 108 cm³/mol. The molecule has 4 rings (SSSR count). The van der Waals surface area contributed by atoms with Crippen LogP contribution >= 0.6 is 22.6 Å². The lowest BCUT2D eigenvalue weighted by Crippen LogP contribution is -2.12. The molecule has 140 valence electrons. The van der Waals surface area contributed by atoms with Gasteiger partial charge in [0.1, 0.15) is 5.82 Å². The van der Waals surface area contributed by atoms with E-state index in [1.807, 2.05) is 6.07 Å². The average Bonchev–Trinajstić information content (AvgIpc) is 2.66. The zero-order valence-corrected chi connectivity index (χ0v) is 16.6. The van der Waals surface area contributed by atoms with Crippen LogP contribution in [0.25, 0.3) is 21.9 Å². The van der Waals surface area contributed by atoms with Crippen LogP contribution in [0.2, 0.25) is 0 Å². The topological polar surface area (TPSA) is 0 Å². The highest BCUT2D eigenvalue weighted by atomic mass is 127. The first kappa shape index (κ1) is 18.7. The molecule has 0 aliphatic heterocycles. The van der Waals surface area contributed by atoms with Crippen molar-refractivity contribution in [2.75, 3.05) is 0 Å². The van der Waals surface area contributed by atoms with E-state index in [0.29, 0.717) is 21.0 Å². The fraction of sp³-hybridized carbons (Fsp3) is 0.273. The second kappa shape index (κ2) is 7.41. The summed E-state index contributed by atoms with van der Waals surface area (Å²) in [4.78, 5) is 0. The van der Waals surface area contributed by atoms with E-state index < -0.39 is 17.5 Å². The van der Waals surface area contributed by atoms with Crippen molar-refractivity contribution in [2.45, 2.75) is 35.5 Å². The summed E-state index contributed by atoms with van der Waals surface area (Å²) in [5, 5.41) is 0.179. The molecular weight excluding hydrogens is 467 g/mol. The van der Waals surface area contributed by atoms with Crippen LogP contribution in [0, 0.1) is 23.3 Å². The highest BCUT2D eigenvalue weighted by Gasteiger charge is 2.22. The van der Waals surface area contributed by atoms with Crippen molar-refractivity contribution in [3.05, 3.63) is 71.3 Å². The van der Waals surface area contributed by atoms with Crippen molar-refractivity contribution in [1.29, 1.82) is 0 Å². The second-order valence-corrected chi connectivity index (χ2v) is 8.87. The first-order chi connectivity index (χ1) is 12.9. The molecular formula is C22H17F4I. The van der Waals surface area contributed by atoms with E-state index in [4.69, 9.17) is 0 Å². The van der Waals surface area contributed by atoms with E-state index in [1.54, 1.807) is 12.1 Å². The first-order valence-corrected chi connectivity index (χ1v) is 10.2. The van der Waals surface area contributed by atoms with E-state index in [0.717, 1.165) is 37.3 Å². The van der Waals surface area contributed by atoms with Gasteiger partial charge in [0.25, 0.3) is 0 Å². The number of fused-ring (bicyclic) bond motifs is 1. The molecule has 0 spiro atoms. The van der Waals surface area contributed by atoms with Gasteiger partial charge in [0, 0.05) is 14.9 Å². The number of benzene rings is 3. The molecule has 0 heterocycles. The van der Waals surface area contributed by atoms with Gasteiger partial charge < -0.3 is 0 Å². The van der Waals surface area contributed by atoms with Crippen molar-refractivity contribution >= 4 is 33.4 Å². The monoisotopic (exact) mass is 484 g/mol. The van der Waals surface area contributed by atoms with Gasteiger partial charge in [-0.15, -0.1) is 0 Å². The smallest absolute Gasteiger partial charge is 0.195 e. The molecule has 0 nitrogen and oxygen atoms in total. The number of rotatable bonds is 2. The van der Waals surface area contributed by atoms with Gasteiger partial charge in [-0.05, 0) is 66.3 Å². The maximum Gasteiger partial charge on any atom is 0.195 e. The molecule has 0 bridgehead atoms. The minimum atomic E-state index is -1.49. The molecule has 0 N–H and O–H groups in total. The molecule has 0 radical (unpaired) electrons. The van der Waals surface area contributed by atoms with Crippen LogP contribution in [0.3, 0.4) is 0 Å². The summed E-state index contributed by atoms with van der Waals surface area (Å²) in [6.07, 6.45) is 4.42. The van der Waals surface area contributed by atoms with Crippen LogP contribution in [0.4, 0.5) is 17.6 Å². The third-order valence-electron chi connectivity index (χ3n) is 5.40. The molecule has 0 amide bonds. The summed E-state index contributed by atoms with van der Waals surface area (Å²) in [5.41, 5.74) is 1.88. The van der Waals surface area contributed by atoms with E-state index in [9.17, 15) is 17.6 Å². The molecule has 0 saturated heterocycles. The van der Waals surface area contributed by atoms with Gasteiger partial charge >= 0.3 is 0 Å². The van der Waals surface area contributed by atoms with Crippen LogP contribution in [0.1, 0.15) is 37.2 Å². The summed E-state index contributed by atoms with van der Waals surface area (Å²) in [6.45, 7) is 0. The van der Waals surface area contributed by atoms with Crippen LogP contribution in [-0.2, 0) is 0 Å². The Bertz CT molecular complexity index is 1010. The largest absolute Gasteiger partial charge is 0.206 e. The molecule has 27 heavy (non-hydrogen) atoms. The van der Waals surface area contributed by atoms with Gasteiger partial charge in [0.2, 0.25) is 0 Å². The standard InChI is InChI=1S/C22H17F4I/c23-19-10-13(12-1-5-16(27)6-2-12)3-7-17(19)14-4-8-18-15(9-14)11-20(24)22(26)21(18)25/h3-4,7-12,16H,1-2,5-6H2/t12-,16-. The van der Waals surface area contributed by atoms with Gasteiger partial charge in [0.15, 0.2) is 17.5 Å². The van der Waals surface area contributed by atoms with Crippen molar-refractivity contribution in [1.82, 2.24) is 0 Å². The normalized spacial score (nSPS) is 20.2. The molecule has 0 unspecified atom stereocenters. The first-order valence-electron chi connectivity index (χ1n) is 8.95. The molecule has 3 aromatic carbocycles. The lowest BCUT2D eigenvalue weighted by Gasteiger charge is -2.25. The molecule has 1 aliphatic rings. The average molecular weight is 484 g/mol. The summed E-state index contributed by atoms with van der Waals surface area (Å²) >= 11 is 2.47. The van der Waals surface area contributed by atoms with Crippen LogP contribution in [-0.4, -0.2) is 3.92 Å². The Morgan fingerprint density at radius 1 is 0.741 bits per heavy atom. The molecule has 5 heteroatoms. The van der Waals surface area contributed by atoms with Gasteiger partial charge in [-0.3, -0.25) is 0 Å². The SMILES string of the molecule is Fc1cc([C@H]2CC[C@H](I)CC2)ccc1-c1ccc2c(F)c(F)c(F)cc2c1. The van der Waals surface area contributed by atoms with Crippen LogP contribution in [0.15, 0.2) is 42.5 Å². The number of halogens is 5. The summed E-state index contributed by atoms with van der Waals surface area (Å²) in [7, 11) is 0. The Morgan fingerprint density at radius 3 is 2.19 bits per heavy atom. The highest BCUT2D eigenvalue weighted by molar-refractivity contribution is 14.1. The third-order valence-corrected chi connectivity index (χ3v) is 6.65. The highest BCUT2D eigenvalue weighted by Crippen LogP contribution is 2.37. The van der Waals surface area contributed by atoms with Gasteiger partial charge in [-0.2, -0.15) is 0 Å². The van der Waals surface area contributed by atoms with Crippen molar-refractivity contribution < 1.29 is 17.6 Å². The quantitative estimate of drug-likeness (QED) is 0.153. The van der Waals surface area contributed by atoms with E-state index >= 15 is 0 Å². The zero-order chi connectivity index (χ0) is 19.1. The molecule has 1 saturated carbocycles. The van der Waals surface area contributed by atoms with Crippen molar-refractivity contribution in [2.24, 2.45) is 0 Å². The van der Waals surface area contributed by atoms with E-state index in [1.165, 1.54) is 18.2 Å². The lowest BCUT2D eigenvalue weighted by molar-refractivity contribution is 0.453.